The third kappa shape index (κ3) is 3.81. The molecule has 0 aliphatic heterocycles. The van der Waals surface area contributed by atoms with Crippen LogP contribution in [0.3, 0.4) is 0 Å². The molecule has 0 bridgehead atoms. The Hall–Kier alpha value is -0.510. The molecule has 2 nitrogen and oxygen atoms in total. The average Bonchev–Trinajstić information content (AvgIpc) is 2.19. The van der Waals surface area contributed by atoms with Crippen molar-refractivity contribution >= 4 is 28.7 Å². The highest BCUT2D eigenvalue weighted by atomic mass is 35.5. The monoisotopic (exact) mass is 215 g/mol. The molecule has 1 aromatic carbocycles. The highest BCUT2D eigenvalue weighted by Crippen LogP contribution is 2.10. The molecule has 0 aromatic heterocycles. The zero-order chi connectivity index (χ0) is 9.52. The zero-order valence-corrected chi connectivity index (χ0v) is 8.57. The number of rotatable bonds is 4. The van der Waals surface area contributed by atoms with Gasteiger partial charge in [0.1, 0.15) is 0 Å². The van der Waals surface area contributed by atoms with Crippen LogP contribution in [0, 0.1) is 0 Å². The summed E-state index contributed by atoms with van der Waals surface area (Å²) in [6.45, 7) is 0.630. The number of halogens is 1. The lowest BCUT2D eigenvalue weighted by Gasteiger charge is -1.98. The van der Waals surface area contributed by atoms with E-state index in [1.54, 1.807) is 0 Å². The summed E-state index contributed by atoms with van der Waals surface area (Å²) in [4.78, 5) is 13.9. The summed E-state index contributed by atoms with van der Waals surface area (Å²) in [5, 5.41) is 0.0903. The molecule has 70 valence electrons. The fourth-order valence-electron chi connectivity index (χ4n) is 0.840. The summed E-state index contributed by atoms with van der Waals surface area (Å²) >= 11 is 6.52. The SMILES string of the molecule is O=C(SCCNCl)c1ccccc1. The largest absolute Gasteiger partial charge is 0.282 e. The number of thioether (sulfide) groups is 1. The number of carbonyl (C=O) groups excluding carboxylic acids is 1. The van der Waals surface area contributed by atoms with Gasteiger partial charge in [-0.3, -0.25) is 4.79 Å². The third-order valence-electron chi connectivity index (χ3n) is 1.44. The predicted molar refractivity (Wildman–Crippen MR) is 57.1 cm³/mol. The van der Waals surface area contributed by atoms with Gasteiger partial charge in [-0.1, -0.05) is 42.1 Å². The van der Waals surface area contributed by atoms with Crippen LogP contribution in [0.2, 0.25) is 0 Å². The van der Waals surface area contributed by atoms with Crippen molar-refractivity contribution < 1.29 is 4.79 Å². The smallest absolute Gasteiger partial charge is 0.219 e. The van der Waals surface area contributed by atoms with E-state index in [0.717, 1.165) is 5.56 Å². The molecule has 1 N–H and O–H groups in total. The number of carbonyl (C=O) groups is 1. The Labute approximate surface area is 86.8 Å². The molecule has 1 rings (SSSR count). The lowest BCUT2D eigenvalue weighted by Crippen LogP contribution is -2.05. The maximum atomic E-state index is 11.4. The third-order valence-corrected chi connectivity index (χ3v) is 2.53. The van der Waals surface area contributed by atoms with Gasteiger partial charge < -0.3 is 0 Å². The van der Waals surface area contributed by atoms with E-state index in [4.69, 9.17) is 11.8 Å². The first-order valence-electron chi connectivity index (χ1n) is 3.90. The molecule has 0 unspecified atom stereocenters. The van der Waals surface area contributed by atoms with E-state index in [1.165, 1.54) is 11.8 Å². The summed E-state index contributed by atoms with van der Waals surface area (Å²) in [6, 6.07) is 9.22. The van der Waals surface area contributed by atoms with Gasteiger partial charge in [-0.25, -0.2) is 4.84 Å². The molecule has 0 amide bonds. The minimum atomic E-state index is 0.0903. The van der Waals surface area contributed by atoms with Gasteiger partial charge in [0.05, 0.1) is 0 Å². The molecule has 0 spiro atoms. The second-order valence-electron chi connectivity index (χ2n) is 2.39. The Bertz CT molecular complexity index is 266. The Morgan fingerprint density at radius 1 is 1.38 bits per heavy atom. The van der Waals surface area contributed by atoms with E-state index in [-0.39, 0.29) is 5.12 Å². The first-order valence-corrected chi connectivity index (χ1v) is 5.26. The highest BCUT2D eigenvalue weighted by molar-refractivity contribution is 8.14. The van der Waals surface area contributed by atoms with Gasteiger partial charge in [0.25, 0.3) is 0 Å². The molecule has 0 radical (unpaired) electrons. The predicted octanol–water partition coefficient (Wildman–Crippen LogP) is 2.30. The van der Waals surface area contributed by atoms with Crippen LogP contribution in [0.15, 0.2) is 30.3 Å². The molecule has 0 saturated heterocycles. The fraction of sp³-hybridized carbons (Fsp3) is 0.222. The van der Waals surface area contributed by atoms with Gasteiger partial charge in [0.15, 0.2) is 0 Å². The fourth-order valence-corrected chi connectivity index (χ4v) is 1.74. The average molecular weight is 216 g/mol. The molecule has 0 heterocycles. The standard InChI is InChI=1S/C9H10ClNOS/c10-11-6-7-13-9(12)8-4-2-1-3-5-8/h1-5,11H,6-7H2. The van der Waals surface area contributed by atoms with Gasteiger partial charge in [-0.2, -0.15) is 0 Å². The van der Waals surface area contributed by atoms with Crippen molar-refractivity contribution in [3.05, 3.63) is 35.9 Å². The second-order valence-corrected chi connectivity index (χ2v) is 3.72. The summed E-state index contributed by atoms with van der Waals surface area (Å²) in [5.41, 5.74) is 0.738. The first kappa shape index (κ1) is 10.6. The Kier molecular flexibility index (Phi) is 4.90. The van der Waals surface area contributed by atoms with Crippen LogP contribution in [0.4, 0.5) is 0 Å². The summed E-state index contributed by atoms with van der Waals surface area (Å²) in [5.74, 6) is 0.692. The molecule has 13 heavy (non-hydrogen) atoms. The van der Waals surface area contributed by atoms with Crippen molar-refractivity contribution in [2.24, 2.45) is 0 Å². The lowest BCUT2D eigenvalue weighted by molar-refractivity contribution is 0.108. The number of hydrogen-bond acceptors (Lipinski definition) is 3. The van der Waals surface area contributed by atoms with Gasteiger partial charge in [-0.05, 0) is 11.8 Å². The quantitative estimate of drug-likeness (QED) is 0.618. The Morgan fingerprint density at radius 2 is 2.08 bits per heavy atom. The normalized spacial score (nSPS) is 9.92. The van der Waals surface area contributed by atoms with E-state index < -0.39 is 0 Å². The van der Waals surface area contributed by atoms with Crippen molar-refractivity contribution in [3.8, 4) is 0 Å². The van der Waals surface area contributed by atoms with Gasteiger partial charge in [0, 0.05) is 17.9 Å². The van der Waals surface area contributed by atoms with Crippen molar-refractivity contribution in [2.75, 3.05) is 12.3 Å². The summed E-state index contributed by atoms with van der Waals surface area (Å²) in [7, 11) is 0. The van der Waals surface area contributed by atoms with E-state index in [1.807, 2.05) is 30.3 Å². The van der Waals surface area contributed by atoms with Gasteiger partial charge in [-0.15, -0.1) is 0 Å². The molecule has 0 saturated carbocycles. The van der Waals surface area contributed by atoms with Crippen LogP contribution in [-0.4, -0.2) is 17.4 Å². The van der Waals surface area contributed by atoms with Gasteiger partial charge >= 0.3 is 0 Å². The highest BCUT2D eigenvalue weighted by Gasteiger charge is 2.03. The molecular weight excluding hydrogens is 206 g/mol. The molecule has 0 fully saturated rings. The molecule has 0 aliphatic carbocycles. The van der Waals surface area contributed by atoms with E-state index in [2.05, 4.69) is 4.84 Å². The molecule has 0 aliphatic rings. The van der Waals surface area contributed by atoms with Crippen LogP contribution in [-0.2, 0) is 0 Å². The minimum absolute atomic E-state index is 0.0903. The van der Waals surface area contributed by atoms with Crippen molar-refractivity contribution in [1.29, 1.82) is 0 Å². The van der Waals surface area contributed by atoms with Crippen LogP contribution < -0.4 is 4.84 Å². The Balaban J connectivity index is 2.40. The van der Waals surface area contributed by atoms with Crippen molar-refractivity contribution in [3.63, 3.8) is 0 Å². The van der Waals surface area contributed by atoms with Crippen LogP contribution in [0.1, 0.15) is 10.4 Å². The molecule has 1 aromatic rings. The van der Waals surface area contributed by atoms with Crippen molar-refractivity contribution in [2.45, 2.75) is 0 Å². The van der Waals surface area contributed by atoms with E-state index in [9.17, 15) is 4.79 Å². The minimum Gasteiger partial charge on any atom is -0.282 e. The van der Waals surface area contributed by atoms with Crippen LogP contribution in [0.25, 0.3) is 0 Å². The van der Waals surface area contributed by atoms with Gasteiger partial charge in [0.2, 0.25) is 5.12 Å². The number of benzene rings is 1. The first-order chi connectivity index (χ1) is 6.34. The molecule has 0 atom stereocenters. The maximum Gasteiger partial charge on any atom is 0.219 e. The summed E-state index contributed by atoms with van der Waals surface area (Å²) < 4.78 is 0. The summed E-state index contributed by atoms with van der Waals surface area (Å²) in [6.07, 6.45) is 0. The van der Waals surface area contributed by atoms with E-state index >= 15 is 0 Å². The number of nitrogens with one attached hydrogen (secondary N) is 1. The van der Waals surface area contributed by atoms with E-state index in [0.29, 0.717) is 12.3 Å². The second kappa shape index (κ2) is 6.02. The topological polar surface area (TPSA) is 29.1 Å². The molecular formula is C9H10ClNOS. The maximum absolute atomic E-state index is 11.4. The molecule has 4 heteroatoms. The lowest BCUT2D eigenvalue weighted by atomic mass is 10.2. The van der Waals surface area contributed by atoms with Crippen molar-refractivity contribution in [1.82, 2.24) is 4.84 Å². The zero-order valence-electron chi connectivity index (χ0n) is 7.00. The Morgan fingerprint density at radius 3 is 2.69 bits per heavy atom. The number of hydrogen-bond donors (Lipinski definition) is 1. The van der Waals surface area contributed by atoms with Crippen LogP contribution in [0.5, 0.6) is 0 Å². The van der Waals surface area contributed by atoms with Crippen LogP contribution >= 0.6 is 23.5 Å².